The largest absolute Gasteiger partial charge is 0.459 e. The maximum absolute atomic E-state index is 12.6. The first-order valence-electron chi connectivity index (χ1n) is 7.38. The van der Waals surface area contributed by atoms with Gasteiger partial charge >= 0.3 is 5.97 Å². The summed E-state index contributed by atoms with van der Waals surface area (Å²) in [6.07, 6.45) is 0. The van der Waals surface area contributed by atoms with Crippen LogP contribution in [0, 0.1) is 10.1 Å². The number of carbonyl (C=O) groups is 2. The molecule has 7 nitrogen and oxygen atoms in total. The highest BCUT2D eigenvalue weighted by molar-refractivity contribution is 9.10. The first-order valence-corrected chi connectivity index (χ1v) is 9.71. The number of carbonyl (C=O) groups excluding carboxylic acids is 2. The molecule has 4 atom stereocenters. The predicted octanol–water partition coefficient (Wildman–Crippen LogP) is 2.68. The lowest BCUT2D eigenvalue weighted by Crippen LogP contribution is -2.64. The molecule has 134 valence electrons. The smallest absolute Gasteiger partial charge is 0.330 e. The molecule has 0 aliphatic carbocycles. The fourth-order valence-corrected chi connectivity index (χ4v) is 5.57. The van der Waals surface area contributed by atoms with E-state index in [1.54, 1.807) is 0 Å². The van der Waals surface area contributed by atoms with E-state index in [0.717, 1.165) is 0 Å². The van der Waals surface area contributed by atoms with Crippen molar-refractivity contribution in [2.45, 2.75) is 34.5 Å². The van der Waals surface area contributed by atoms with Crippen LogP contribution >= 0.6 is 39.3 Å². The number of fused-ring (bicyclic) bond motifs is 1. The van der Waals surface area contributed by atoms with Crippen LogP contribution in [0.1, 0.15) is 12.5 Å². The summed E-state index contributed by atoms with van der Waals surface area (Å²) in [7, 11) is 0. The molecule has 0 aromatic heterocycles. The number of hydrogen-bond donors (Lipinski definition) is 0. The molecule has 1 unspecified atom stereocenters. The van der Waals surface area contributed by atoms with Gasteiger partial charge in [-0.3, -0.25) is 14.9 Å². The Kier molecular flexibility index (Phi) is 5.00. The van der Waals surface area contributed by atoms with Gasteiger partial charge in [-0.1, -0.05) is 15.9 Å². The number of alkyl halides is 2. The molecule has 10 heteroatoms. The molecule has 2 heterocycles. The van der Waals surface area contributed by atoms with Gasteiger partial charge in [0.25, 0.3) is 5.69 Å². The number of nitro benzene ring substituents is 1. The van der Waals surface area contributed by atoms with E-state index in [1.807, 2.05) is 6.92 Å². The molecule has 0 spiro atoms. The molecule has 3 rings (SSSR count). The molecule has 1 aromatic carbocycles. The SMILES string of the molecule is C[C@@]1(CCl)S[C@@H]2C(Br)C(=O)N2[C@H]1C(=O)OCc1ccc([N+](=O)[O-])cc1. The van der Waals surface area contributed by atoms with Crippen molar-refractivity contribution >= 4 is 56.9 Å². The summed E-state index contributed by atoms with van der Waals surface area (Å²) in [5.41, 5.74) is 0.594. The Bertz CT molecular complexity index is 733. The number of ether oxygens (including phenoxy) is 1. The Morgan fingerprint density at radius 3 is 2.68 bits per heavy atom. The van der Waals surface area contributed by atoms with Gasteiger partial charge in [0.05, 0.1) is 9.67 Å². The van der Waals surface area contributed by atoms with Crippen LogP contribution in [0.5, 0.6) is 0 Å². The lowest BCUT2D eigenvalue weighted by Gasteiger charge is -2.41. The van der Waals surface area contributed by atoms with E-state index in [9.17, 15) is 19.7 Å². The number of nitro groups is 1. The molecule has 25 heavy (non-hydrogen) atoms. The number of nitrogens with zero attached hydrogens (tertiary/aromatic N) is 2. The van der Waals surface area contributed by atoms with E-state index < -0.39 is 21.7 Å². The average Bonchev–Trinajstić information content (AvgIpc) is 2.90. The molecule has 2 aliphatic rings. The molecule has 0 bridgehead atoms. The standard InChI is InChI=1S/C15H14BrClN2O5S/c1-15(7-17)11(18-12(20)10(16)13(18)25-15)14(21)24-6-8-2-4-9(5-3-8)19(22)23/h2-5,10-11,13H,6-7H2,1H3/t10?,11-,13+,15-/m0/s1. The zero-order valence-corrected chi connectivity index (χ0v) is 16.2. The van der Waals surface area contributed by atoms with Crippen molar-refractivity contribution in [3.63, 3.8) is 0 Å². The fraction of sp³-hybridized carbons (Fsp3) is 0.467. The number of benzene rings is 1. The molecule has 0 radical (unpaired) electrons. The molecule has 0 saturated carbocycles. The van der Waals surface area contributed by atoms with Crippen LogP contribution in [0.2, 0.25) is 0 Å². The molecular formula is C15H14BrClN2O5S. The Hall–Kier alpha value is -1.32. The number of halogens is 2. The molecule has 1 amide bonds. The minimum Gasteiger partial charge on any atom is -0.459 e. The number of thioether (sulfide) groups is 1. The Morgan fingerprint density at radius 1 is 1.48 bits per heavy atom. The third kappa shape index (κ3) is 3.13. The van der Waals surface area contributed by atoms with Gasteiger partial charge in [0.15, 0.2) is 0 Å². The van der Waals surface area contributed by atoms with E-state index in [2.05, 4.69) is 15.9 Å². The monoisotopic (exact) mass is 448 g/mol. The summed E-state index contributed by atoms with van der Waals surface area (Å²) in [4.78, 5) is 36.0. The van der Waals surface area contributed by atoms with Gasteiger partial charge in [-0.25, -0.2) is 4.79 Å². The summed E-state index contributed by atoms with van der Waals surface area (Å²) in [6, 6.07) is 5.01. The van der Waals surface area contributed by atoms with Crippen LogP contribution in [-0.4, -0.2) is 48.6 Å². The zero-order valence-electron chi connectivity index (χ0n) is 13.1. The summed E-state index contributed by atoms with van der Waals surface area (Å²) in [5.74, 6) is -0.470. The van der Waals surface area contributed by atoms with Gasteiger partial charge in [0.2, 0.25) is 5.91 Å². The van der Waals surface area contributed by atoms with Crippen LogP contribution in [0.15, 0.2) is 24.3 Å². The van der Waals surface area contributed by atoms with Gasteiger partial charge in [0.1, 0.15) is 22.8 Å². The second kappa shape index (κ2) is 6.77. The van der Waals surface area contributed by atoms with Crippen LogP contribution < -0.4 is 0 Å². The maximum atomic E-state index is 12.6. The molecule has 2 aliphatic heterocycles. The van der Waals surface area contributed by atoms with Crippen molar-refractivity contribution in [2.75, 3.05) is 5.88 Å². The summed E-state index contributed by atoms with van der Waals surface area (Å²) in [6.45, 7) is 1.81. The van der Waals surface area contributed by atoms with Crippen molar-refractivity contribution in [1.29, 1.82) is 0 Å². The average molecular weight is 450 g/mol. The third-order valence-corrected chi connectivity index (χ3v) is 7.88. The van der Waals surface area contributed by atoms with E-state index >= 15 is 0 Å². The molecular weight excluding hydrogens is 436 g/mol. The van der Waals surface area contributed by atoms with Gasteiger partial charge in [-0.2, -0.15) is 0 Å². The molecule has 2 fully saturated rings. The number of amides is 1. The normalized spacial score (nSPS) is 30.6. The van der Waals surface area contributed by atoms with Crippen molar-refractivity contribution in [2.24, 2.45) is 0 Å². The van der Waals surface area contributed by atoms with Gasteiger partial charge < -0.3 is 9.64 Å². The van der Waals surface area contributed by atoms with E-state index in [4.69, 9.17) is 16.3 Å². The minimum atomic E-state index is -0.751. The van der Waals surface area contributed by atoms with E-state index in [1.165, 1.54) is 40.9 Å². The number of hydrogen-bond acceptors (Lipinski definition) is 6. The lowest BCUT2D eigenvalue weighted by molar-refractivity contribution is -0.384. The third-order valence-electron chi connectivity index (χ3n) is 4.28. The summed E-state index contributed by atoms with van der Waals surface area (Å²) < 4.78 is 4.73. The highest BCUT2D eigenvalue weighted by Gasteiger charge is 2.64. The maximum Gasteiger partial charge on any atom is 0.330 e. The molecule has 0 N–H and O–H groups in total. The van der Waals surface area contributed by atoms with Crippen molar-refractivity contribution in [1.82, 2.24) is 4.90 Å². The number of esters is 1. The van der Waals surface area contributed by atoms with Gasteiger partial charge in [-0.05, 0) is 24.6 Å². The highest BCUT2D eigenvalue weighted by atomic mass is 79.9. The Morgan fingerprint density at radius 2 is 2.12 bits per heavy atom. The van der Waals surface area contributed by atoms with Crippen LogP contribution in [0.3, 0.4) is 0 Å². The van der Waals surface area contributed by atoms with Crippen LogP contribution in [-0.2, 0) is 20.9 Å². The first-order chi connectivity index (χ1) is 11.8. The van der Waals surface area contributed by atoms with Crippen molar-refractivity contribution in [3.8, 4) is 0 Å². The van der Waals surface area contributed by atoms with Gasteiger partial charge in [0, 0.05) is 18.0 Å². The second-order valence-electron chi connectivity index (χ2n) is 6.04. The minimum absolute atomic E-state index is 0.0270. The zero-order chi connectivity index (χ0) is 18.4. The quantitative estimate of drug-likeness (QED) is 0.226. The highest BCUT2D eigenvalue weighted by Crippen LogP contribution is 2.53. The van der Waals surface area contributed by atoms with E-state index in [0.29, 0.717) is 5.56 Å². The van der Waals surface area contributed by atoms with E-state index in [-0.39, 0.29) is 34.3 Å². The lowest BCUT2D eigenvalue weighted by atomic mass is 9.98. The fourth-order valence-electron chi connectivity index (χ4n) is 2.89. The van der Waals surface area contributed by atoms with Crippen molar-refractivity contribution < 1.29 is 19.2 Å². The number of non-ortho nitro benzene ring substituents is 1. The summed E-state index contributed by atoms with van der Waals surface area (Å²) in [5, 5.41) is 10.5. The topological polar surface area (TPSA) is 89.8 Å². The van der Waals surface area contributed by atoms with Crippen LogP contribution in [0.25, 0.3) is 0 Å². The van der Waals surface area contributed by atoms with Gasteiger partial charge in [-0.15, -0.1) is 23.4 Å². The molecule has 2 saturated heterocycles. The Balaban J connectivity index is 1.69. The number of β-lactam (4-membered cyclic amide) rings is 1. The Labute approximate surface area is 161 Å². The van der Waals surface area contributed by atoms with Crippen LogP contribution in [0.4, 0.5) is 5.69 Å². The molecule has 1 aromatic rings. The summed E-state index contributed by atoms with van der Waals surface area (Å²) >= 11 is 10.9. The number of rotatable bonds is 5. The second-order valence-corrected chi connectivity index (χ2v) is 8.94. The predicted molar refractivity (Wildman–Crippen MR) is 96.7 cm³/mol. The van der Waals surface area contributed by atoms with Crippen molar-refractivity contribution in [3.05, 3.63) is 39.9 Å². The first kappa shape index (κ1) is 18.5.